The van der Waals surface area contributed by atoms with Gasteiger partial charge in [-0.1, -0.05) is 0 Å². The van der Waals surface area contributed by atoms with E-state index in [4.69, 9.17) is 9.47 Å². The van der Waals surface area contributed by atoms with E-state index in [0.717, 1.165) is 32.5 Å². The highest BCUT2D eigenvalue weighted by Crippen LogP contribution is 2.23. The Morgan fingerprint density at radius 2 is 2.20 bits per heavy atom. The number of benzene rings is 1. The molecule has 0 bridgehead atoms. The quantitative estimate of drug-likeness (QED) is 0.470. The van der Waals surface area contributed by atoms with Crippen LogP contribution in [0.5, 0.6) is 5.75 Å². The minimum atomic E-state index is -0.423. The lowest BCUT2D eigenvalue weighted by Gasteiger charge is -2.23. The Morgan fingerprint density at radius 1 is 1.45 bits per heavy atom. The highest BCUT2D eigenvalue weighted by atomic mass is 16.6. The average Bonchev–Trinajstić information content (AvgIpc) is 2.86. The van der Waals surface area contributed by atoms with Gasteiger partial charge in [-0.3, -0.25) is 10.1 Å². The van der Waals surface area contributed by atoms with Crippen LogP contribution in [0.25, 0.3) is 0 Å². The van der Waals surface area contributed by atoms with Crippen LogP contribution in [-0.2, 0) is 4.74 Å². The third-order valence-electron chi connectivity index (χ3n) is 3.39. The lowest BCUT2D eigenvalue weighted by atomic mass is 10.0. The number of rotatable bonds is 7. The molecule has 1 aromatic rings. The van der Waals surface area contributed by atoms with Crippen LogP contribution in [0, 0.1) is 10.1 Å². The molecule has 1 aromatic carbocycles. The number of ether oxygens (including phenoxy) is 2. The molecule has 0 aliphatic carbocycles. The second-order valence-corrected chi connectivity index (χ2v) is 5.18. The van der Waals surface area contributed by atoms with E-state index < -0.39 is 4.92 Å². The van der Waals surface area contributed by atoms with Crippen LogP contribution in [0.1, 0.15) is 19.8 Å². The third kappa shape index (κ3) is 4.18. The molecule has 6 nitrogen and oxygen atoms in total. The minimum absolute atomic E-state index is 0.0483. The number of nitrogens with zero attached hydrogens (tertiary/aromatic N) is 1. The zero-order valence-corrected chi connectivity index (χ0v) is 11.6. The van der Waals surface area contributed by atoms with E-state index in [1.807, 2.05) is 0 Å². The van der Waals surface area contributed by atoms with Crippen LogP contribution in [-0.4, -0.2) is 36.8 Å². The minimum Gasteiger partial charge on any atom is -0.492 e. The fourth-order valence-electron chi connectivity index (χ4n) is 2.23. The summed E-state index contributed by atoms with van der Waals surface area (Å²) < 4.78 is 11.2. The molecule has 1 saturated heterocycles. The number of hydrogen-bond donors (Lipinski definition) is 1. The first-order chi connectivity index (χ1) is 9.59. The lowest BCUT2D eigenvalue weighted by Crippen LogP contribution is -2.38. The van der Waals surface area contributed by atoms with Crippen molar-refractivity contribution in [2.45, 2.75) is 25.4 Å². The van der Waals surface area contributed by atoms with Crippen LogP contribution >= 0.6 is 0 Å². The molecule has 1 heterocycles. The highest BCUT2D eigenvalue weighted by molar-refractivity contribution is 5.35. The van der Waals surface area contributed by atoms with Gasteiger partial charge >= 0.3 is 0 Å². The molecule has 110 valence electrons. The molecule has 1 aliphatic rings. The lowest BCUT2D eigenvalue weighted by molar-refractivity contribution is -0.384. The highest BCUT2D eigenvalue weighted by Gasteiger charge is 2.28. The molecule has 0 radical (unpaired) electrons. The number of hydrogen-bond acceptors (Lipinski definition) is 5. The van der Waals surface area contributed by atoms with Crippen LogP contribution in [0.15, 0.2) is 24.3 Å². The van der Waals surface area contributed by atoms with E-state index in [-0.39, 0.29) is 11.3 Å². The molecule has 1 unspecified atom stereocenters. The predicted octanol–water partition coefficient (Wildman–Crippen LogP) is 2.13. The maximum Gasteiger partial charge on any atom is 0.269 e. The molecule has 1 atom stereocenters. The molecule has 1 fully saturated rings. The molecular weight excluding hydrogens is 260 g/mol. The van der Waals surface area contributed by atoms with Gasteiger partial charge in [0.1, 0.15) is 12.4 Å². The van der Waals surface area contributed by atoms with Crippen molar-refractivity contribution in [1.82, 2.24) is 5.32 Å². The Hall–Kier alpha value is -1.66. The van der Waals surface area contributed by atoms with Gasteiger partial charge in [0.25, 0.3) is 5.69 Å². The van der Waals surface area contributed by atoms with E-state index in [9.17, 15) is 10.1 Å². The van der Waals surface area contributed by atoms with Gasteiger partial charge in [0, 0.05) is 31.8 Å². The summed E-state index contributed by atoms with van der Waals surface area (Å²) in [6, 6.07) is 6.10. The smallest absolute Gasteiger partial charge is 0.269 e. The summed E-state index contributed by atoms with van der Waals surface area (Å²) in [6.07, 6.45) is 2.21. The number of non-ortho nitro benzene ring substituents is 1. The summed E-state index contributed by atoms with van der Waals surface area (Å²) in [5, 5.41) is 13.8. The molecule has 0 spiro atoms. The van der Waals surface area contributed by atoms with Crippen LogP contribution in [0.4, 0.5) is 5.69 Å². The zero-order chi connectivity index (χ0) is 14.4. The summed E-state index contributed by atoms with van der Waals surface area (Å²) in [7, 11) is 0. The summed E-state index contributed by atoms with van der Waals surface area (Å²) in [4.78, 5) is 10.1. The second-order valence-electron chi connectivity index (χ2n) is 5.18. The molecular formula is C14H20N2O4. The van der Waals surface area contributed by atoms with Gasteiger partial charge in [0.2, 0.25) is 0 Å². The summed E-state index contributed by atoms with van der Waals surface area (Å²) >= 11 is 0. The van der Waals surface area contributed by atoms with Gasteiger partial charge in [-0.05, 0) is 31.9 Å². The van der Waals surface area contributed by atoms with E-state index in [0.29, 0.717) is 12.4 Å². The van der Waals surface area contributed by atoms with Gasteiger partial charge < -0.3 is 14.8 Å². The van der Waals surface area contributed by atoms with Crippen molar-refractivity contribution in [1.29, 1.82) is 0 Å². The molecule has 0 saturated carbocycles. The largest absolute Gasteiger partial charge is 0.492 e. The first-order valence-electron chi connectivity index (χ1n) is 6.81. The van der Waals surface area contributed by atoms with E-state index in [2.05, 4.69) is 12.2 Å². The predicted molar refractivity (Wildman–Crippen MR) is 75.1 cm³/mol. The second kappa shape index (κ2) is 6.67. The van der Waals surface area contributed by atoms with E-state index in [1.165, 1.54) is 12.1 Å². The summed E-state index contributed by atoms with van der Waals surface area (Å²) in [5.41, 5.74) is 0.0228. The average molecular weight is 280 g/mol. The van der Waals surface area contributed by atoms with Crippen molar-refractivity contribution in [2.24, 2.45) is 0 Å². The molecule has 0 amide bonds. The van der Waals surface area contributed by atoms with Crippen molar-refractivity contribution in [3.8, 4) is 5.75 Å². The van der Waals surface area contributed by atoms with Crippen LogP contribution in [0.2, 0.25) is 0 Å². The van der Waals surface area contributed by atoms with E-state index >= 15 is 0 Å². The van der Waals surface area contributed by atoms with Gasteiger partial charge in [-0.25, -0.2) is 0 Å². The normalized spacial score (nSPS) is 21.9. The molecule has 20 heavy (non-hydrogen) atoms. The fourth-order valence-corrected chi connectivity index (χ4v) is 2.23. The number of nitro benzene ring substituents is 1. The maximum atomic E-state index is 10.5. The first-order valence-corrected chi connectivity index (χ1v) is 6.81. The Bertz CT molecular complexity index is 441. The van der Waals surface area contributed by atoms with Gasteiger partial charge in [-0.2, -0.15) is 0 Å². The van der Waals surface area contributed by atoms with Gasteiger partial charge in [0.05, 0.1) is 10.5 Å². The molecule has 1 N–H and O–H groups in total. The van der Waals surface area contributed by atoms with Crippen LogP contribution < -0.4 is 10.1 Å². The Labute approximate surface area is 118 Å². The third-order valence-corrected chi connectivity index (χ3v) is 3.39. The van der Waals surface area contributed by atoms with Crippen molar-refractivity contribution < 1.29 is 14.4 Å². The number of nitrogens with one attached hydrogen (secondary N) is 1. The standard InChI is InChI=1S/C14H20N2O4/c1-14(7-2-9-20-14)11-15-8-10-19-13-5-3-12(4-6-13)16(17)18/h3-6,15H,2,7-11H2,1H3. The summed E-state index contributed by atoms with van der Waals surface area (Å²) in [6.45, 7) is 5.02. The topological polar surface area (TPSA) is 73.6 Å². The molecule has 1 aliphatic heterocycles. The Balaban J connectivity index is 1.64. The molecule has 2 rings (SSSR count). The van der Waals surface area contributed by atoms with Gasteiger partial charge in [0.15, 0.2) is 0 Å². The maximum absolute atomic E-state index is 10.5. The number of nitro groups is 1. The van der Waals surface area contributed by atoms with Crippen LogP contribution in [0.3, 0.4) is 0 Å². The monoisotopic (exact) mass is 280 g/mol. The van der Waals surface area contributed by atoms with Crippen molar-refractivity contribution in [3.63, 3.8) is 0 Å². The van der Waals surface area contributed by atoms with Crippen molar-refractivity contribution in [2.75, 3.05) is 26.3 Å². The molecule has 0 aromatic heterocycles. The van der Waals surface area contributed by atoms with Crippen molar-refractivity contribution in [3.05, 3.63) is 34.4 Å². The van der Waals surface area contributed by atoms with E-state index in [1.54, 1.807) is 12.1 Å². The Kier molecular flexibility index (Phi) is 4.92. The first kappa shape index (κ1) is 14.7. The summed E-state index contributed by atoms with van der Waals surface area (Å²) in [5.74, 6) is 0.640. The zero-order valence-electron chi connectivity index (χ0n) is 11.6. The molecule has 6 heteroatoms. The SMILES string of the molecule is CC1(CNCCOc2ccc([N+](=O)[O-])cc2)CCCO1. The Morgan fingerprint density at radius 3 is 2.80 bits per heavy atom. The van der Waals surface area contributed by atoms with Gasteiger partial charge in [-0.15, -0.1) is 0 Å². The van der Waals surface area contributed by atoms with Crippen molar-refractivity contribution >= 4 is 5.69 Å². The fraction of sp³-hybridized carbons (Fsp3) is 0.571.